The summed E-state index contributed by atoms with van der Waals surface area (Å²) in [4.78, 5) is 35.9. The highest BCUT2D eigenvalue weighted by Gasteiger charge is 2.30. The predicted molar refractivity (Wildman–Crippen MR) is 77.0 cm³/mol. The van der Waals surface area contributed by atoms with E-state index in [4.69, 9.17) is 16.7 Å². The standard InChI is InChI=1S/C14H14ClFN2O4/c15-9-1-2-11(10(16)7-9)17-12(19)13(20)18-5-3-8(4-6-18)14(21)22/h1-2,7-8H,3-6H2,(H,17,19)(H,21,22). The molecule has 0 spiro atoms. The van der Waals surface area contributed by atoms with Gasteiger partial charge >= 0.3 is 17.8 Å². The van der Waals surface area contributed by atoms with Gasteiger partial charge in [0.15, 0.2) is 0 Å². The maximum absolute atomic E-state index is 13.6. The first-order chi connectivity index (χ1) is 10.4. The number of aliphatic carboxylic acids is 1. The first kappa shape index (κ1) is 16.2. The van der Waals surface area contributed by atoms with Crippen molar-refractivity contribution in [3.63, 3.8) is 0 Å². The zero-order valence-corrected chi connectivity index (χ0v) is 12.3. The third-order valence-corrected chi connectivity index (χ3v) is 3.74. The van der Waals surface area contributed by atoms with E-state index in [1.165, 1.54) is 17.0 Å². The summed E-state index contributed by atoms with van der Waals surface area (Å²) in [5.41, 5.74) is -0.136. The van der Waals surface area contributed by atoms with Gasteiger partial charge in [0.2, 0.25) is 0 Å². The van der Waals surface area contributed by atoms with Gasteiger partial charge in [-0.2, -0.15) is 0 Å². The Kier molecular flexibility index (Phi) is 4.97. The van der Waals surface area contributed by atoms with Crippen LogP contribution in [0.5, 0.6) is 0 Å². The van der Waals surface area contributed by atoms with Crippen molar-refractivity contribution in [2.75, 3.05) is 18.4 Å². The van der Waals surface area contributed by atoms with Gasteiger partial charge in [-0.1, -0.05) is 11.6 Å². The molecule has 2 amide bonds. The second-order valence-electron chi connectivity index (χ2n) is 4.98. The molecule has 118 valence electrons. The molecule has 1 heterocycles. The van der Waals surface area contributed by atoms with Crippen LogP contribution in [0.3, 0.4) is 0 Å². The first-order valence-electron chi connectivity index (χ1n) is 6.66. The highest BCUT2D eigenvalue weighted by Crippen LogP contribution is 2.20. The van der Waals surface area contributed by atoms with Gasteiger partial charge in [0.05, 0.1) is 11.6 Å². The summed E-state index contributed by atoms with van der Waals surface area (Å²) >= 11 is 5.60. The van der Waals surface area contributed by atoms with Crippen LogP contribution in [0.1, 0.15) is 12.8 Å². The Bertz CT molecular complexity index is 615. The van der Waals surface area contributed by atoms with Crippen molar-refractivity contribution in [1.29, 1.82) is 0 Å². The van der Waals surface area contributed by atoms with Gasteiger partial charge in [-0.3, -0.25) is 14.4 Å². The van der Waals surface area contributed by atoms with Gasteiger partial charge in [0.25, 0.3) is 0 Å². The molecule has 6 nitrogen and oxygen atoms in total. The zero-order chi connectivity index (χ0) is 16.3. The lowest BCUT2D eigenvalue weighted by atomic mass is 9.97. The number of carboxylic acid groups (broad SMARTS) is 1. The van der Waals surface area contributed by atoms with E-state index in [9.17, 15) is 18.8 Å². The Hall–Kier alpha value is -2.15. The number of piperidine rings is 1. The summed E-state index contributed by atoms with van der Waals surface area (Å²) in [6.45, 7) is 0.374. The van der Waals surface area contributed by atoms with Crippen LogP contribution >= 0.6 is 11.6 Å². The van der Waals surface area contributed by atoms with Crippen molar-refractivity contribution >= 4 is 35.1 Å². The number of rotatable bonds is 2. The Morgan fingerprint density at radius 1 is 1.27 bits per heavy atom. The largest absolute Gasteiger partial charge is 0.481 e. The molecule has 0 saturated carbocycles. The molecule has 1 fully saturated rings. The van der Waals surface area contributed by atoms with Crippen molar-refractivity contribution in [1.82, 2.24) is 4.90 Å². The number of likely N-dealkylation sites (tertiary alicyclic amines) is 1. The van der Waals surface area contributed by atoms with Gasteiger partial charge in [0, 0.05) is 18.1 Å². The number of carbonyl (C=O) groups is 3. The molecule has 0 bridgehead atoms. The van der Waals surface area contributed by atoms with Crippen LogP contribution in [0.25, 0.3) is 0 Å². The molecular formula is C14H14ClFN2O4. The molecule has 1 saturated heterocycles. The zero-order valence-electron chi connectivity index (χ0n) is 11.5. The Balaban J connectivity index is 1.95. The van der Waals surface area contributed by atoms with Crippen molar-refractivity contribution in [2.45, 2.75) is 12.8 Å². The molecule has 0 aromatic heterocycles. The van der Waals surface area contributed by atoms with E-state index in [1.807, 2.05) is 0 Å². The van der Waals surface area contributed by atoms with Crippen molar-refractivity contribution in [3.05, 3.63) is 29.0 Å². The highest BCUT2D eigenvalue weighted by molar-refractivity contribution is 6.39. The third-order valence-electron chi connectivity index (χ3n) is 3.50. The van der Waals surface area contributed by atoms with Gasteiger partial charge < -0.3 is 15.3 Å². The van der Waals surface area contributed by atoms with Gasteiger partial charge in [0.1, 0.15) is 5.82 Å². The Morgan fingerprint density at radius 2 is 1.91 bits per heavy atom. The molecule has 1 aromatic carbocycles. The molecule has 1 aliphatic rings. The van der Waals surface area contributed by atoms with E-state index >= 15 is 0 Å². The molecule has 1 aliphatic heterocycles. The normalized spacial score (nSPS) is 15.5. The minimum absolute atomic E-state index is 0.136. The number of halogens is 2. The maximum atomic E-state index is 13.6. The molecule has 2 N–H and O–H groups in total. The van der Waals surface area contributed by atoms with Gasteiger partial charge in [-0.05, 0) is 31.0 Å². The van der Waals surface area contributed by atoms with Crippen molar-refractivity contribution < 1.29 is 23.9 Å². The van der Waals surface area contributed by atoms with Gasteiger partial charge in [-0.15, -0.1) is 0 Å². The number of carboxylic acids is 1. The average molecular weight is 329 g/mol. The lowest BCUT2D eigenvalue weighted by molar-refractivity contribution is -0.148. The summed E-state index contributed by atoms with van der Waals surface area (Å²) in [5, 5.41) is 11.3. The minimum Gasteiger partial charge on any atom is -0.481 e. The predicted octanol–water partition coefficient (Wildman–Crippen LogP) is 1.74. The van der Waals surface area contributed by atoms with E-state index in [0.717, 1.165) is 6.07 Å². The number of nitrogens with zero attached hydrogens (tertiary/aromatic N) is 1. The van der Waals surface area contributed by atoms with Crippen LogP contribution in [-0.4, -0.2) is 40.9 Å². The smallest absolute Gasteiger partial charge is 0.313 e. The van der Waals surface area contributed by atoms with E-state index < -0.39 is 29.5 Å². The molecule has 0 unspecified atom stereocenters. The number of hydrogen-bond acceptors (Lipinski definition) is 3. The Morgan fingerprint density at radius 3 is 2.45 bits per heavy atom. The average Bonchev–Trinajstić information content (AvgIpc) is 2.49. The fourth-order valence-corrected chi connectivity index (χ4v) is 2.40. The SMILES string of the molecule is O=C(Nc1ccc(Cl)cc1F)C(=O)N1CCC(C(=O)O)CC1. The quantitative estimate of drug-likeness (QED) is 0.810. The lowest BCUT2D eigenvalue weighted by Crippen LogP contribution is -2.45. The van der Waals surface area contributed by atoms with Crippen LogP contribution in [0.4, 0.5) is 10.1 Å². The first-order valence-corrected chi connectivity index (χ1v) is 7.04. The summed E-state index contributed by atoms with van der Waals surface area (Å²) in [6, 6.07) is 3.68. The summed E-state index contributed by atoms with van der Waals surface area (Å²) in [6.07, 6.45) is 0.591. The van der Waals surface area contributed by atoms with E-state index in [1.54, 1.807) is 0 Å². The fourth-order valence-electron chi connectivity index (χ4n) is 2.24. The Labute approximate surface area is 130 Å². The second-order valence-corrected chi connectivity index (χ2v) is 5.42. The molecule has 1 aromatic rings. The topological polar surface area (TPSA) is 86.7 Å². The van der Waals surface area contributed by atoms with E-state index in [2.05, 4.69) is 5.32 Å². The molecule has 2 rings (SSSR count). The third kappa shape index (κ3) is 3.73. The van der Waals surface area contributed by atoms with E-state index in [0.29, 0.717) is 12.8 Å². The molecule has 0 radical (unpaired) electrons. The van der Waals surface area contributed by atoms with E-state index in [-0.39, 0.29) is 23.8 Å². The molecular weight excluding hydrogens is 315 g/mol. The number of nitrogens with one attached hydrogen (secondary N) is 1. The fraction of sp³-hybridized carbons (Fsp3) is 0.357. The van der Waals surface area contributed by atoms with Crippen LogP contribution in [0.2, 0.25) is 5.02 Å². The molecule has 8 heteroatoms. The number of amides is 2. The van der Waals surface area contributed by atoms with Crippen molar-refractivity contribution in [3.8, 4) is 0 Å². The second kappa shape index (κ2) is 6.74. The lowest BCUT2D eigenvalue weighted by Gasteiger charge is -2.29. The van der Waals surface area contributed by atoms with Gasteiger partial charge in [-0.25, -0.2) is 4.39 Å². The molecule has 0 aliphatic carbocycles. The summed E-state index contributed by atoms with van der Waals surface area (Å²) < 4.78 is 13.6. The van der Waals surface area contributed by atoms with Crippen LogP contribution in [-0.2, 0) is 14.4 Å². The van der Waals surface area contributed by atoms with Crippen LogP contribution < -0.4 is 5.32 Å². The number of carbonyl (C=O) groups excluding carboxylic acids is 2. The molecule has 0 atom stereocenters. The summed E-state index contributed by atoms with van der Waals surface area (Å²) in [7, 11) is 0. The molecule has 22 heavy (non-hydrogen) atoms. The monoisotopic (exact) mass is 328 g/mol. The number of hydrogen-bond donors (Lipinski definition) is 2. The minimum atomic E-state index is -0.963. The number of anilines is 1. The van der Waals surface area contributed by atoms with Crippen LogP contribution in [0.15, 0.2) is 18.2 Å². The highest BCUT2D eigenvalue weighted by atomic mass is 35.5. The number of benzene rings is 1. The van der Waals surface area contributed by atoms with Crippen LogP contribution in [0, 0.1) is 11.7 Å². The summed E-state index contributed by atoms with van der Waals surface area (Å²) in [5.74, 6) is -3.91. The van der Waals surface area contributed by atoms with Crippen molar-refractivity contribution in [2.24, 2.45) is 5.92 Å². The maximum Gasteiger partial charge on any atom is 0.313 e.